The number of anilines is 1. The second kappa shape index (κ2) is 9.00. The molecule has 8 nitrogen and oxygen atoms in total. The van der Waals surface area contributed by atoms with Crippen molar-refractivity contribution in [3.63, 3.8) is 0 Å². The minimum Gasteiger partial charge on any atom is -0.462 e. The van der Waals surface area contributed by atoms with Crippen LogP contribution in [0.5, 0.6) is 0 Å². The third-order valence-electron chi connectivity index (χ3n) is 5.53. The summed E-state index contributed by atoms with van der Waals surface area (Å²) in [6, 6.07) is 13.3. The van der Waals surface area contributed by atoms with Gasteiger partial charge in [-0.15, -0.1) is 0 Å². The zero-order chi connectivity index (χ0) is 22.7. The van der Waals surface area contributed by atoms with Crippen molar-refractivity contribution in [1.29, 1.82) is 0 Å². The Morgan fingerprint density at radius 2 is 1.78 bits per heavy atom. The molecule has 0 unspecified atom stereocenters. The monoisotopic (exact) mass is 454 g/mol. The van der Waals surface area contributed by atoms with Crippen molar-refractivity contribution in [2.75, 3.05) is 25.0 Å². The highest BCUT2D eigenvalue weighted by Gasteiger charge is 2.42. The number of hydrogen-bond donors (Lipinski definition) is 2. The van der Waals surface area contributed by atoms with Crippen molar-refractivity contribution in [2.24, 2.45) is 4.99 Å². The highest BCUT2D eigenvalue weighted by Crippen LogP contribution is 2.29. The molecule has 0 atom stereocenters. The van der Waals surface area contributed by atoms with E-state index >= 15 is 0 Å². The first-order valence-electron chi connectivity index (χ1n) is 10.4. The van der Waals surface area contributed by atoms with Gasteiger partial charge in [-0.1, -0.05) is 23.7 Å². The average molecular weight is 455 g/mol. The SMILES string of the molecule is CCOC(=O)c1ccc(NC(=O)N2CCC3(CC2)N=C(c2ccc(Cl)cc2)C(=O)N3)cc1. The molecule has 0 radical (unpaired) electrons. The van der Waals surface area contributed by atoms with E-state index in [2.05, 4.69) is 15.6 Å². The number of carbonyl (C=O) groups excluding carboxylic acids is 3. The van der Waals surface area contributed by atoms with Gasteiger partial charge in [0.25, 0.3) is 5.91 Å². The Morgan fingerprint density at radius 1 is 1.12 bits per heavy atom. The molecule has 2 heterocycles. The molecular weight excluding hydrogens is 432 g/mol. The molecule has 2 aliphatic heterocycles. The standard InChI is InChI=1S/C23H23ClN4O4/c1-2-32-21(30)16-5-9-18(10-6-16)25-22(31)28-13-11-23(12-14-28)26-19(20(29)27-23)15-3-7-17(24)8-4-15/h3-10H,2,11-14H2,1H3,(H,25,31)(H,27,29). The normalized spacial score (nSPS) is 17.0. The Kier molecular flexibility index (Phi) is 6.14. The van der Waals surface area contributed by atoms with Gasteiger partial charge in [0.05, 0.1) is 12.2 Å². The van der Waals surface area contributed by atoms with Crippen molar-refractivity contribution in [3.8, 4) is 0 Å². The highest BCUT2D eigenvalue weighted by atomic mass is 35.5. The molecule has 0 bridgehead atoms. The number of halogens is 1. The number of ether oxygens (including phenoxy) is 1. The molecule has 2 aromatic rings. The second-order valence-corrected chi connectivity index (χ2v) is 8.10. The predicted molar refractivity (Wildman–Crippen MR) is 121 cm³/mol. The van der Waals surface area contributed by atoms with Gasteiger partial charge in [-0.3, -0.25) is 9.79 Å². The van der Waals surface area contributed by atoms with Crippen LogP contribution in [0.4, 0.5) is 10.5 Å². The summed E-state index contributed by atoms with van der Waals surface area (Å²) >= 11 is 5.93. The number of hydrogen-bond acceptors (Lipinski definition) is 5. The minimum atomic E-state index is -0.690. The molecule has 0 saturated carbocycles. The van der Waals surface area contributed by atoms with Crippen LogP contribution in [-0.2, 0) is 9.53 Å². The molecule has 1 spiro atoms. The molecule has 1 fully saturated rings. The van der Waals surface area contributed by atoms with E-state index in [0.29, 0.717) is 54.5 Å². The Morgan fingerprint density at radius 3 is 2.41 bits per heavy atom. The van der Waals surface area contributed by atoms with Gasteiger partial charge < -0.3 is 20.3 Å². The van der Waals surface area contributed by atoms with Crippen LogP contribution in [0.3, 0.4) is 0 Å². The van der Waals surface area contributed by atoms with Crippen LogP contribution in [0.15, 0.2) is 53.5 Å². The first-order valence-corrected chi connectivity index (χ1v) is 10.8. The van der Waals surface area contributed by atoms with Gasteiger partial charge in [-0.05, 0) is 43.3 Å². The van der Waals surface area contributed by atoms with Crippen LogP contribution in [0.2, 0.25) is 5.02 Å². The van der Waals surface area contributed by atoms with E-state index in [1.54, 1.807) is 60.4 Å². The molecule has 4 rings (SSSR count). The van der Waals surface area contributed by atoms with Crippen LogP contribution in [0.25, 0.3) is 0 Å². The van der Waals surface area contributed by atoms with Crippen LogP contribution in [-0.4, -0.2) is 53.9 Å². The summed E-state index contributed by atoms with van der Waals surface area (Å²) in [7, 11) is 0. The van der Waals surface area contributed by atoms with Gasteiger partial charge in [0.15, 0.2) is 0 Å². The van der Waals surface area contributed by atoms with Crippen molar-refractivity contribution >= 4 is 40.9 Å². The van der Waals surface area contributed by atoms with E-state index in [1.165, 1.54) is 0 Å². The van der Waals surface area contributed by atoms with Crippen LogP contribution in [0.1, 0.15) is 35.7 Å². The number of likely N-dealkylation sites (tertiary alicyclic amines) is 1. The molecule has 2 N–H and O–H groups in total. The lowest BCUT2D eigenvalue weighted by Gasteiger charge is -2.37. The lowest BCUT2D eigenvalue weighted by Crippen LogP contribution is -2.53. The maximum Gasteiger partial charge on any atom is 0.338 e. The van der Waals surface area contributed by atoms with Crippen LogP contribution >= 0.6 is 11.6 Å². The lowest BCUT2D eigenvalue weighted by atomic mass is 9.98. The first-order chi connectivity index (χ1) is 15.4. The number of aliphatic imine (C=N–C) groups is 1. The molecule has 2 aliphatic rings. The molecule has 32 heavy (non-hydrogen) atoms. The van der Waals surface area contributed by atoms with E-state index in [1.807, 2.05) is 0 Å². The maximum atomic E-state index is 12.7. The third-order valence-corrected chi connectivity index (χ3v) is 5.78. The second-order valence-electron chi connectivity index (χ2n) is 7.67. The first kappa shape index (κ1) is 21.8. The third kappa shape index (κ3) is 4.60. The van der Waals surface area contributed by atoms with Crippen LogP contribution < -0.4 is 10.6 Å². The van der Waals surface area contributed by atoms with Crippen molar-refractivity contribution in [1.82, 2.24) is 10.2 Å². The Balaban J connectivity index is 1.36. The minimum absolute atomic E-state index is 0.216. The van der Waals surface area contributed by atoms with Crippen molar-refractivity contribution in [3.05, 3.63) is 64.7 Å². The number of benzene rings is 2. The summed E-state index contributed by atoms with van der Waals surface area (Å²) in [6.07, 6.45) is 1.04. The summed E-state index contributed by atoms with van der Waals surface area (Å²) in [5.41, 5.74) is 1.43. The number of urea groups is 1. The van der Waals surface area contributed by atoms with Gasteiger partial charge in [-0.2, -0.15) is 0 Å². The summed E-state index contributed by atoms with van der Waals surface area (Å²) < 4.78 is 4.96. The molecule has 0 aliphatic carbocycles. The van der Waals surface area contributed by atoms with Crippen molar-refractivity contribution < 1.29 is 19.1 Å². The fraction of sp³-hybridized carbons (Fsp3) is 0.304. The molecule has 166 valence electrons. The van der Waals surface area contributed by atoms with Gasteiger partial charge in [0.1, 0.15) is 11.4 Å². The number of nitrogens with one attached hydrogen (secondary N) is 2. The fourth-order valence-electron chi connectivity index (χ4n) is 3.79. The topological polar surface area (TPSA) is 100 Å². The summed E-state index contributed by atoms with van der Waals surface area (Å²) in [6.45, 7) is 2.95. The number of rotatable bonds is 4. The van der Waals surface area contributed by atoms with E-state index in [4.69, 9.17) is 16.3 Å². The Labute approximate surface area is 190 Å². The smallest absolute Gasteiger partial charge is 0.338 e. The molecule has 3 amide bonds. The van der Waals surface area contributed by atoms with Gasteiger partial charge in [-0.25, -0.2) is 9.59 Å². The summed E-state index contributed by atoms with van der Waals surface area (Å²) in [5, 5.41) is 6.42. The predicted octanol–water partition coefficient (Wildman–Crippen LogP) is 3.46. The summed E-state index contributed by atoms with van der Waals surface area (Å²) in [5.74, 6) is -0.615. The van der Waals surface area contributed by atoms with Gasteiger partial charge in [0.2, 0.25) is 0 Å². The van der Waals surface area contributed by atoms with Gasteiger partial charge >= 0.3 is 12.0 Å². The maximum absolute atomic E-state index is 12.7. The number of esters is 1. The lowest BCUT2D eigenvalue weighted by molar-refractivity contribution is -0.115. The van der Waals surface area contributed by atoms with Crippen LogP contribution in [0, 0.1) is 0 Å². The van der Waals surface area contributed by atoms with E-state index in [-0.39, 0.29) is 11.9 Å². The van der Waals surface area contributed by atoms with E-state index < -0.39 is 11.6 Å². The molecule has 0 aromatic heterocycles. The molecule has 1 saturated heterocycles. The number of nitrogens with zero attached hydrogens (tertiary/aromatic N) is 2. The zero-order valence-corrected chi connectivity index (χ0v) is 18.3. The number of carbonyl (C=O) groups is 3. The quantitative estimate of drug-likeness (QED) is 0.691. The molecule has 2 aromatic carbocycles. The van der Waals surface area contributed by atoms with Crippen molar-refractivity contribution in [2.45, 2.75) is 25.4 Å². The fourth-order valence-corrected chi connectivity index (χ4v) is 3.92. The number of piperidine rings is 1. The Hall–Kier alpha value is -3.39. The average Bonchev–Trinajstić information content (AvgIpc) is 3.11. The highest BCUT2D eigenvalue weighted by molar-refractivity contribution is 6.47. The largest absolute Gasteiger partial charge is 0.462 e. The zero-order valence-electron chi connectivity index (χ0n) is 17.6. The van der Waals surface area contributed by atoms with E-state index in [9.17, 15) is 14.4 Å². The molecule has 9 heteroatoms. The number of amides is 3. The summed E-state index contributed by atoms with van der Waals surface area (Å²) in [4.78, 5) is 43.3. The van der Waals surface area contributed by atoms with Gasteiger partial charge in [0, 0.05) is 42.2 Å². The Bertz CT molecular complexity index is 1060. The molecular formula is C23H23ClN4O4. The van der Waals surface area contributed by atoms with E-state index in [0.717, 1.165) is 5.56 Å².